The summed E-state index contributed by atoms with van der Waals surface area (Å²) in [6.45, 7) is 0.643. The highest BCUT2D eigenvalue weighted by Gasteiger charge is 2.24. The normalized spacial score (nSPS) is 16.3. The molecule has 0 saturated heterocycles. The lowest BCUT2D eigenvalue weighted by atomic mass is 9.85. The molecule has 1 saturated carbocycles. The molecule has 5 heteroatoms. The van der Waals surface area contributed by atoms with E-state index in [-0.39, 0.29) is 11.8 Å². The van der Waals surface area contributed by atoms with Crippen molar-refractivity contribution in [3.8, 4) is 0 Å². The quantitative estimate of drug-likeness (QED) is 0.722. The molecule has 1 aliphatic carbocycles. The zero-order chi connectivity index (χ0) is 9.80. The number of hydrogen-bond donors (Lipinski definition) is 2. The maximum absolute atomic E-state index is 11.4. The van der Waals surface area contributed by atoms with Crippen molar-refractivity contribution in [2.24, 2.45) is 5.92 Å². The fraction of sp³-hybridized carbons (Fsp3) is 0.667. The van der Waals surface area contributed by atoms with Gasteiger partial charge in [0.2, 0.25) is 5.91 Å². The van der Waals surface area contributed by atoms with E-state index in [1.54, 1.807) is 0 Å². The van der Waals surface area contributed by atoms with E-state index in [1.807, 2.05) is 0 Å². The van der Waals surface area contributed by atoms with Gasteiger partial charge in [0.25, 0.3) is 0 Å². The zero-order valence-corrected chi connectivity index (χ0v) is 7.99. The number of nitrogens with zero attached hydrogens (tertiary/aromatic N) is 2. The lowest BCUT2D eigenvalue weighted by Crippen LogP contribution is -2.35. The predicted octanol–water partition coefficient (Wildman–Crippen LogP) is 0.263. The van der Waals surface area contributed by atoms with Crippen molar-refractivity contribution < 1.29 is 4.79 Å². The van der Waals surface area contributed by atoms with Crippen LogP contribution in [-0.4, -0.2) is 27.6 Å². The maximum Gasteiger partial charge on any atom is 0.223 e. The molecule has 2 N–H and O–H groups in total. The number of H-pyrrole nitrogens is 1. The van der Waals surface area contributed by atoms with Gasteiger partial charge >= 0.3 is 0 Å². The van der Waals surface area contributed by atoms with Crippen molar-refractivity contribution in [3.05, 3.63) is 12.2 Å². The van der Waals surface area contributed by atoms with Gasteiger partial charge in [-0.25, -0.2) is 4.98 Å². The number of aromatic nitrogens is 3. The number of carbonyl (C=O) groups is 1. The summed E-state index contributed by atoms with van der Waals surface area (Å²) in [6, 6.07) is 0. The Morgan fingerprint density at radius 1 is 1.64 bits per heavy atom. The van der Waals surface area contributed by atoms with Gasteiger partial charge in [-0.05, 0) is 12.8 Å². The van der Waals surface area contributed by atoms with Gasteiger partial charge in [-0.1, -0.05) is 6.42 Å². The molecule has 1 amide bonds. The largest absolute Gasteiger partial charge is 0.355 e. The number of carbonyl (C=O) groups excluding carboxylic acids is 1. The third-order valence-electron chi connectivity index (χ3n) is 2.60. The first kappa shape index (κ1) is 9.18. The average Bonchev–Trinajstić information content (AvgIpc) is 2.53. The molecule has 1 aliphatic rings. The van der Waals surface area contributed by atoms with Crippen molar-refractivity contribution >= 4 is 5.91 Å². The Kier molecular flexibility index (Phi) is 2.76. The summed E-state index contributed by atoms with van der Waals surface area (Å²) in [5.74, 6) is 1.28. The third kappa shape index (κ3) is 2.10. The molecule has 14 heavy (non-hydrogen) atoms. The molecular weight excluding hydrogens is 180 g/mol. The molecule has 0 aliphatic heterocycles. The summed E-state index contributed by atoms with van der Waals surface area (Å²) < 4.78 is 0. The van der Waals surface area contributed by atoms with Crippen LogP contribution in [0.2, 0.25) is 0 Å². The van der Waals surface area contributed by atoms with Gasteiger partial charge in [0.05, 0.1) is 0 Å². The molecule has 76 valence electrons. The van der Waals surface area contributed by atoms with Gasteiger partial charge in [0.15, 0.2) is 0 Å². The van der Waals surface area contributed by atoms with E-state index in [9.17, 15) is 4.79 Å². The minimum Gasteiger partial charge on any atom is -0.355 e. The molecule has 0 bridgehead atoms. The number of aromatic amines is 1. The van der Waals surface area contributed by atoms with Crippen LogP contribution in [0, 0.1) is 5.92 Å². The van der Waals surface area contributed by atoms with Crippen LogP contribution in [0.25, 0.3) is 0 Å². The average molecular weight is 194 g/mol. The van der Waals surface area contributed by atoms with E-state index in [2.05, 4.69) is 20.5 Å². The minimum atomic E-state index is 0.191. The second-order valence-corrected chi connectivity index (χ2v) is 3.60. The molecule has 0 aromatic carbocycles. The second-order valence-electron chi connectivity index (χ2n) is 3.60. The van der Waals surface area contributed by atoms with E-state index >= 15 is 0 Å². The minimum absolute atomic E-state index is 0.191. The molecule has 0 atom stereocenters. The van der Waals surface area contributed by atoms with Crippen LogP contribution >= 0.6 is 0 Å². The topological polar surface area (TPSA) is 70.7 Å². The molecule has 5 nitrogen and oxygen atoms in total. The molecule has 1 heterocycles. The monoisotopic (exact) mass is 194 g/mol. The van der Waals surface area contributed by atoms with Gasteiger partial charge in [-0.3, -0.25) is 9.89 Å². The molecule has 1 fully saturated rings. The Morgan fingerprint density at radius 3 is 3.07 bits per heavy atom. The van der Waals surface area contributed by atoms with Crippen LogP contribution in [0.3, 0.4) is 0 Å². The maximum atomic E-state index is 11.4. The lowest BCUT2D eigenvalue weighted by Gasteiger charge is -2.23. The fourth-order valence-electron chi connectivity index (χ4n) is 1.47. The first-order valence-corrected chi connectivity index (χ1v) is 4.98. The van der Waals surface area contributed by atoms with E-state index in [4.69, 9.17) is 0 Å². The Balaban J connectivity index is 1.65. The van der Waals surface area contributed by atoms with Crippen LogP contribution in [0.4, 0.5) is 0 Å². The zero-order valence-electron chi connectivity index (χ0n) is 7.99. The number of nitrogens with one attached hydrogen (secondary N) is 2. The van der Waals surface area contributed by atoms with Gasteiger partial charge in [0, 0.05) is 18.9 Å². The lowest BCUT2D eigenvalue weighted by molar-refractivity contribution is -0.127. The highest BCUT2D eigenvalue weighted by Crippen LogP contribution is 2.25. The summed E-state index contributed by atoms with van der Waals surface area (Å²) in [5, 5.41) is 9.39. The van der Waals surface area contributed by atoms with Crippen LogP contribution in [0.1, 0.15) is 25.1 Å². The van der Waals surface area contributed by atoms with Gasteiger partial charge < -0.3 is 5.32 Å². The smallest absolute Gasteiger partial charge is 0.223 e. The van der Waals surface area contributed by atoms with Gasteiger partial charge in [-0.15, -0.1) is 0 Å². The number of amides is 1. The number of hydrogen-bond acceptors (Lipinski definition) is 3. The van der Waals surface area contributed by atoms with E-state index in [0.29, 0.717) is 6.54 Å². The van der Waals surface area contributed by atoms with Gasteiger partial charge in [0.1, 0.15) is 12.2 Å². The molecule has 0 unspecified atom stereocenters. The summed E-state index contributed by atoms with van der Waals surface area (Å²) >= 11 is 0. The number of rotatable bonds is 4. The van der Waals surface area contributed by atoms with E-state index in [0.717, 1.165) is 25.1 Å². The standard InChI is InChI=1S/C9H14N4O/c14-9(7-2-1-3-7)10-5-4-8-11-6-12-13-8/h6-7H,1-5H2,(H,10,14)(H,11,12,13). The van der Waals surface area contributed by atoms with Crippen LogP contribution < -0.4 is 5.32 Å². The summed E-state index contributed by atoms with van der Waals surface area (Å²) in [5.41, 5.74) is 0. The molecule has 1 aromatic heterocycles. The second kappa shape index (κ2) is 4.21. The molecule has 0 radical (unpaired) electrons. The van der Waals surface area contributed by atoms with E-state index < -0.39 is 0 Å². The van der Waals surface area contributed by atoms with Crippen molar-refractivity contribution in [3.63, 3.8) is 0 Å². The SMILES string of the molecule is O=C(NCCc1ncn[nH]1)C1CCC1. The Bertz CT molecular complexity index is 292. The van der Waals surface area contributed by atoms with Crippen molar-refractivity contribution in [1.29, 1.82) is 0 Å². The highest BCUT2D eigenvalue weighted by molar-refractivity contribution is 5.79. The Morgan fingerprint density at radius 2 is 2.50 bits per heavy atom. The van der Waals surface area contributed by atoms with Crippen LogP contribution in [0.15, 0.2) is 6.33 Å². The first-order valence-electron chi connectivity index (χ1n) is 4.98. The Labute approximate surface area is 82.3 Å². The summed E-state index contributed by atoms with van der Waals surface area (Å²) in [7, 11) is 0. The van der Waals surface area contributed by atoms with Gasteiger partial charge in [-0.2, -0.15) is 5.10 Å². The van der Waals surface area contributed by atoms with Crippen molar-refractivity contribution in [2.75, 3.05) is 6.54 Å². The molecule has 1 aromatic rings. The Hall–Kier alpha value is -1.39. The fourth-order valence-corrected chi connectivity index (χ4v) is 1.47. The molecular formula is C9H14N4O. The van der Waals surface area contributed by atoms with Crippen molar-refractivity contribution in [1.82, 2.24) is 20.5 Å². The molecule has 0 spiro atoms. The highest BCUT2D eigenvalue weighted by atomic mass is 16.1. The van der Waals surface area contributed by atoms with Crippen LogP contribution in [-0.2, 0) is 11.2 Å². The van der Waals surface area contributed by atoms with Crippen LogP contribution in [0.5, 0.6) is 0 Å². The molecule has 2 rings (SSSR count). The first-order chi connectivity index (χ1) is 6.86. The van der Waals surface area contributed by atoms with E-state index in [1.165, 1.54) is 12.7 Å². The van der Waals surface area contributed by atoms with Crippen molar-refractivity contribution in [2.45, 2.75) is 25.7 Å². The summed E-state index contributed by atoms with van der Waals surface area (Å²) in [4.78, 5) is 15.4. The predicted molar refractivity (Wildman–Crippen MR) is 50.4 cm³/mol. The summed E-state index contributed by atoms with van der Waals surface area (Å²) in [6.07, 6.45) is 5.49. The third-order valence-corrected chi connectivity index (χ3v) is 2.60.